The van der Waals surface area contributed by atoms with E-state index in [1.54, 1.807) is 16.7 Å². The minimum atomic E-state index is 0.0832. The molecule has 1 aromatic heterocycles. The smallest absolute Gasteiger partial charge is 0.250 e. The summed E-state index contributed by atoms with van der Waals surface area (Å²) in [7, 11) is 2.12. The molecule has 4 nitrogen and oxygen atoms in total. The third kappa shape index (κ3) is 3.68. The molecule has 2 rings (SSSR count). The lowest BCUT2D eigenvalue weighted by Gasteiger charge is -2.21. The number of hydrogen-bond acceptors (Lipinski definition) is 3. The second-order valence-corrected chi connectivity index (χ2v) is 4.79. The Morgan fingerprint density at radius 1 is 1.53 bits per heavy atom. The van der Waals surface area contributed by atoms with Gasteiger partial charge in [-0.15, -0.1) is 0 Å². The van der Waals surface area contributed by atoms with E-state index < -0.39 is 0 Å². The first-order chi connectivity index (χ1) is 8.25. The molecule has 0 amide bonds. The van der Waals surface area contributed by atoms with E-state index in [1.165, 1.54) is 12.8 Å². The van der Waals surface area contributed by atoms with Gasteiger partial charge in [0.25, 0.3) is 5.56 Å². The summed E-state index contributed by atoms with van der Waals surface area (Å²) in [6.07, 6.45) is 4.41. The molecule has 0 bridgehead atoms. The van der Waals surface area contributed by atoms with Crippen LogP contribution < -0.4 is 10.9 Å². The molecular formula is C13H21N3O. The van der Waals surface area contributed by atoms with Gasteiger partial charge < -0.3 is 14.8 Å². The van der Waals surface area contributed by atoms with Crippen LogP contribution in [0.15, 0.2) is 29.2 Å². The lowest BCUT2D eigenvalue weighted by atomic mass is 10.2. The average molecular weight is 235 g/mol. The van der Waals surface area contributed by atoms with Crippen molar-refractivity contribution in [3.8, 4) is 0 Å². The minimum absolute atomic E-state index is 0.0832. The average Bonchev–Trinajstić information content (AvgIpc) is 2.81. The molecule has 2 heterocycles. The predicted octanol–water partition coefficient (Wildman–Crippen LogP) is 0.532. The molecule has 4 heteroatoms. The molecule has 1 atom stereocenters. The van der Waals surface area contributed by atoms with Gasteiger partial charge in [0, 0.05) is 37.9 Å². The summed E-state index contributed by atoms with van der Waals surface area (Å²) in [6, 6.07) is 5.93. The Bertz CT molecular complexity index is 396. The van der Waals surface area contributed by atoms with Crippen LogP contribution in [0.5, 0.6) is 0 Å². The van der Waals surface area contributed by atoms with Gasteiger partial charge in [-0.2, -0.15) is 0 Å². The Balaban J connectivity index is 1.77. The Labute approximate surface area is 102 Å². The van der Waals surface area contributed by atoms with Crippen LogP contribution in [0.2, 0.25) is 0 Å². The lowest BCUT2D eigenvalue weighted by molar-refractivity contribution is 0.287. The van der Waals surface area contributed by atoms with Gasteiger partial charge in [0.1, 0.15) is 0 Å². The van der Waals surface area contributed by atoms with Crippen molar-refractivity contribution >= 4 is 0 Å². The third-order valence-corrected chi connectivity index (χ3v) is 3.32. The van der Waals surface area contributed by atoms with E-state index in [1.807, 2.05) is 12.3 Å². The molecular weight excluding hydrogens is 214 g/mol. The highest BCUT2D eigenvalue weighted by molar-refractivity contribution is 4.93. The van der Waals surface area contributed by atoms with Gasteiger partial charge in [-0.05, 0) is 32.5 Å². The topological polar surface area (TPSA) is 37.3 Å². The van der Waals surface area contributed by atoms with Crippen LogP contribution in [0.25, 0.3) is 0 Å². The highest BCUT2D eigenvalue weighted by Crippen LogP contribution is 2.05. The first-order valence-corrected chi connectivity index (χ1v) is 6.33. The highest BCUT2D eigenvalue weighted by Gasteiger charge is 2.15. The summed E-state index contributed by atoms with van der Waals surface area (Å²) >= 11 is 0. The second-order valence-electron chi connectivity index (χ2n) is 4.79. The normalized spacial score (nSPS) is 20.0. The van der Waals surface area contributed by atoms with Crippen LogP contribution in [0.1, 0.15) is 12.8 Å². The number of hydrogen-bond donors (Lipinski definition) is 1. The Hall–Kier alpha value is -1.13. The molecule has 0 spiro atoms. The van der Waals surface area contributed by atoms with Crippen molar-refractivity contribution in [3.05, 3.63) is 34.7 Å². The van der Waals surface area contributed by atoms with Crippen molar-refractivity contribution < 1.29 is 0 Å². The molecule has 0 aliphatic carbocycles. The first-order valence-electron chi connectivity index (χ1n) is 6.33. The van der Waals surface area contributed by atoms with E-state index in [2.05, 4.69) is 17.3 Å². The van der Waals surface area contributed by atoms with Crippen LogP contribution in [-0.4, -0.2) is 42.2 Å². The molecule has 1 aliphatic rings. The monoisotopic (exact) mass is 235 g/mol. The van der Waals surface area contributed by atoms with Crippen molar-refractivity contribution in [2.75, 3.05) is 26.7 Å². The van der Waals surface area contributed by atoms with Crippen molar-refractivity contribution in [2.24, 2.45) is 0 Å². The molecule has 0 radical (unpaired) electrons. The molecule has 1 aromatic rings. The Morgan fingerprint density at radius 3 is 3.12 bits per heavy atom. The summed E-state index contributed by atoms with van der Waals surface area (Å²) in [6.45, 7) is 3.91. The van der Waals surface area contributed by atoms with E-state index in [0.717, 1.165) is 26.2 Å². The Morgan fingerprint density at radius 2 is 2.41 bits per heavy atom. The molecule has 1 N–H and O–H groups in total. The molecule has 1 aliphatic heterocycles. The van der Waals surface area contributed by atoms with E-state index in [0.29, 0.717) is 6.04 Å². The van der Waals surface area contributed by atoms with Gasteiger partial charge in [0.15, 0.2) is 0 Å². The van der Waals surface area contributed by atoms with Gasteiger partial charge in [0.05, 0.1) is 0 Å². The number of pyridine rings is 1. The Kier molecular flexibility index (Phi) is 4.34. The van der Waals surface area contributed by atoms with Crippen molar-refractivity contribution in [1.29, 1.82) is 0 Å². The summed E-state index contributed by atoms with van der Waals surface area (Å²) in [5.41, 5.74) is 0.0832. The summed E-state index contributed by atoms with van der Waals surface area (Å²) in [5.74, 6) is 0. The fourth-order valence-electron chi connectivity index (χ4n) is 2.30. The maximum Gasteiger partial charge on any atom is 0.250 e. The molecule has 0 saturated carbocycles. The first kappa shape index (κ1) is 12.3. The van der Waals surface area contributed by atoms with Crippen LogP contribution in [-0.2, 0) is 6.54 Å². The zero-order valence-corrected chi connectivity index (χ0v) is 10.4. The summed E-state index contributed by atoms with van der Waals surface area (Å²) < 4.78 is 1.76. The number of nitrogens with one attached hydrogen (secondary N) is 1. The molecule has 1 fully saturated rings. The number of likely N-dealkylation sites (N-methyl/N-ethyl adjacent to an activating group) is 1. The molecule has 94 valence electrons. The molecule has 0 aromatic carbocycles. The van der Waals surface area contributed by atoms with Crippen LogP contribution >= 0.6 is 0 Å². The van der Waals surface area contributed by atoms with E-state index >= 15 is 0 Å². The van der Waals surface area contributed by atoms with Gasteiger partial charge in [-0.25, -0.2) is 0 Å². The van der Waals surface area contributed by atoms with E-state index in [9.17, 15) is 4.79 Å². The standard InChI is InChI=1S/C13H21N3O/c1-15(11-12-5-4-7-14-12)9-10-16-8-3-2-6-13(16)17/h2-3,6,8,12,14H,4-5,7,9-11H2,1H3. The van der Waals surface area contributed by atoms with Crippen molar-refractivity contribution in [2.45, 2.75) is 25.4 Å². The quantitative estimate of drug-likeness (QED) is 0.809. The molecule has 17 heavy (non-hydrogen) atoms. The third-order valence-electron chi connectivity index (χ3n) is 3.32. The fourth-order valence-corrected chi connectivity index (χ4v) is 2.30. The zero-order valence-electron chi connectivity index (χ0n) is 10.4. The SMILES string of the molecule is CN(CCn1ccccc1=O)CC1CCCN1. The maximum absolute atomic E-state index is 11.5. The van der Waals surface area contributed by atoms with Gasteiger partial charge in [0.2, 0.25) is 0 Å². The fraction of sp³-hybridized carbons (Fsp3) is 0.615. The highest BCUT2D eigenvalue weighted by atomic mass is 16.1. The minimum Gasteiger partial charge on any atom is -0.314 e. The van der Waals surface area contributed by atoms with Gasteiger partial charge >= 0.3 is 0 Å². The van der Waals surface area contributed by atoms with Gasteiger partial charge in [-0.3, -0.25) is 4.79 Å². The van der Waals surface area contributed by atoms with Gasteiger partial charge in [-0.1, -0.05) is 6.07 Å². The predicted molar refractivity (Wildman–Crippen MR) is 69.2 cm³/mol. The van der Waals surface area contributed by atoms with Crippen LogP contribution in [0.3, 0.4) is 0 Å². The lowest BCUT2D eigenvalue weighted by Crippen LogP contribution is -2.37. The van der Waals surface area contributed by atoms with Crippen LogP contribution in [0.4, 0.5) is 0 Å². The van der Waals surface area contributed by atoms with Crippen molar-refractivity contribution in [1.82, 2.24) is 14.8 Å². The van der Waals surface area contributed by atoms with Crippen LogP contribution in [0, 0.1) is 0 Å². The van der Waals surface area contributed by atoms with Crippen molar-refractivity contribution in [3.63, 3.8) is 0 Å². The number of rotatable bonds is 5. The summed E-state index contributed by atoms with van der Waals surface area (Å²) in [4.78, 5) is 13.8. The van der Waals surface area contributed by atoms with E-state index in [-0.39, 0.29) is 5.56 Å². The summed E-state index contributed by atoms with van der Waals surface area (Å²) in [5, 5.41) is 3.49. The maximum atomic E-state index is 11.5. The van der Waals surface area contributed by atoms with E-state index in [4.69, 9.17) is 0 Å². The molecule has 1 unspecified atom stereocenters. The second kappa shape index (κ2) is 5.98. The molecule has 1 saturated heterocycles. The largest absolute Gasteiger partial charge is 0.314 e. The number of nitrogens with zero attached hydrogens (tertiary/aromatic N) is 2. The number of aromatic nitrogens is 1. The zero-order chi connectivity index (χ0) is 12.1.